The molecule has 0 radical (unpaired) electrons. The van der Waals surface area contributed by atoms with Crippen molar-refractivity contribution in [2.24, 2.45) is 11.7 Å². The number of rotatable bonds is 4. The van der Waals surface area contributed by atoms with Crippen molar-refractivity contribution in [3.05, 3.63) is 35.4 Å². The molecule has 100 valence electrons. The summed E-state index contributed by atoms with van der Waals surface area (Å²) in [5.74, 6) is 0.691. The summed E-state index contributed by atoms with van der Waals surface area (Å²) in [4.78, 5) is 2.61. The molecule has 0 saturated heterocycles. The Morgan fingerprint density at radius 1 is 1.17 bits per heavy atom. The lowest BCUT2D eigenvalue weighted by molar-refractivity contribution is 0.131. The van der Waals surface area contributed by atoms with Gasteiger partial charge >= 0.3 is 0 Å². The third kappa shape index (κ3) is 2.60. The van der Waals surface area contributed by atoms with Gasteiger partial charge in [-0.3, -0.25) is 4.90 Å². The van der Waals surface area contributed by atoms with E-state index in [0.29, 0.717) is 18.0 Å². The van der Waals surface area contributed by atoms with Gasteiger partial charge in [0.1, 0.15) is 0 Å². The Balaban J connectivity index is 2.28. The normalized spacial score (nSPS) is 23.1. The van der Waals surface area contributed by atoms with Gasteiger partial charge in [0.15, 0.2) is 0 Å². The van der Waals surface area contributed by atoms with E-state index in [1.807, 2.05) is 0 Å². The molecule has 2 nitrogen and oxygen atoms in total. The molecule has 1 aromatic rings. The predicted molar refractivity (Wildman–Crippen MR) is 77.4 cm³/mol. The van der Waals surface area contributed by atoms with Crippen LogP contribution in [0.15, 0.2) is 24.3 Å². The van der Waals surface area contributed by atoms with Gasteiger partial charge in [0.05, 0.1) is 0 Å². The van der Waals surface area contributed by atoms with Crippen LogP contribution in [0.2, 0.25) is 0 Å². The molecule has 2 rings (SSSR count). The molecule has 0 aromatic heterocycles. The monoisotopic (exact) mass is 246 g/mol. The SMILES string of the molecule is CC(C)CN(C(C)C)C1CC(N)c2ccccc21. The predicted octanol–water partition coefficient (Wildman–Crippen LogP) is 3.50. The van der Waals surface area contributed by atoms with E-state index < -0.39 is 0 Å². The first-order chi connectivity index (χ1) is 8.50. The van der Waals surface area contributed by atoms with E-state index in [-0.39, 0.29) is 6.04 Å². The Morgan fingerprint density at radius 2 is 1.78 bits per heavy atom. The maximum Gasteiger partial charge on any atom is 0.0372 e. The van der Waals surface area contributed by atoms with Crippen LogP contribution in [-0.2, 0) is 0 Å². The van der Waals surface area contributed by atoms with Crippen LogP contribution in [0.25, 0.3) is 0 Å². The fourth-order valence-corrected chi connectivity index (χ4v) is 3.08. The number of hydrogen-bond donors (Lipinski definition) is 1. The zero-order chi connectivity index (χ0) is 13.3. The van der Waals surface area contributed by atoms with Crippen molar-refractivity contribution in [1.29, 1.82) is 0 Å². The summed E-state index contributed by atoms with van der Waals surface area (Å²) in [6, 6.07) is 9.95. The van der Waals surface area contributed by atoms with Gasteiger partial charge < -0.3 is 5.73 Å². The van der Waals surface area contributed by atoms with E-state index in [9.17, 15) is 0 Å². The van der Waals surface area contributed by atoms with Crippen LogP contribution in [-0.4, -0.2) is 17.5 Å². The molecule has 2 N–H and O–H groups in total. The zero-order valence-electron chi connectivity index (χ0n) is 12.1. The molecule has 1 aliphatic rings. The summed E-state index contributed by atoms with van der Waals surface area (Å²) in [6.07, 6.45) is 1.06. The quantitative estimate of drug-likeness (QED) is 0.881. The van der Waals surface area contributed by atoms with Crippen LogP contribution >= 0.6 is 0 Å². The minimum atomic E-state index is 0.208. The largest absolute Gasteiger partial charge is 0.324 e. The Kier molecular flexibility index (Phi) is 4.08. The number of hydrogen-bond acceptors (Lipinski definition) is 2. The lowest BCUT2D eigenvalue weighted by atomic mass is 10.0. The summed E-state index contributed by atoms with van der Waals surface area (Å²) < 4.78 is 0. The third-order valence-electron chi connectivity index (χ3n) is 3.87. The van der Waals surface area contributed by atoms with Gasteiger partial charge in [-0.15, -0.1) is 0 Å². The van der Waals surface area contributed by atoms with Gasteiger partial charge in [-0.1, -0.05) is 38.1 Å². The molecule has 0 amide bonds. The summed E-state index contributed by atoms with van der Waals surface area (Å²) in [5.41, 5.74) is 9.07. The van der Waals surface area contributed by atoms with Gasteiger partial charge in [-0.25, -0.2) is 0 Å². The standard InChI is InChI=1S/C16H26N2/c1-11(2)10-18(12(3)4)16-9-15(17)13-7-5-6-8-14(13)16/h5-8,11-12,15-16H,9-10,17H2,1-4H3. The average Bonchev–Trinajstić information content (AvgIpc) is 2.64. The second-order valence-electron chi connectivity index (χ2n) is 6.17. The highest BCUT2D eigenvalue weighted by atomic mass is 15.2. The van der Waals surface area contributed by atoms with Gasteiger partial charge in [0, 0.05) is 24.7 Å². The number of nitrogens with zero attached hydrogens (tertiary/aromatic N) is 1. The van der Waals surface area contributed by atoms with E-state index in [0.717, 1.165) is 13.0 Å². The van der Waals surface area contributed by atoms with Crippen LogP contribution in [0.1, 0.15) is 57.3 Å². The molecule has 0 aliphatic heterocycles. The molecule has 0 spiro atoms. The molecular weight excluding hydrogens is 220 g/mol. The van der Waals surface area contributed by atoms with Crippen molar-refractivity contribution in [2.45, 2.75) is 52.2 Å². The van der Waals surface area contributed by atoms with Crippen molar-refractivity contribution in [3.8, 4) is 0 Å². The summed E-state index contributed by atoms with van der Waals surface area (Å²) in [6.45, 7) is 10.3. The Hall–Kier alpha value is -0.860. The van der Waals surface area contributed by atoms with Crippen LogP contribution < -0.4 is 5.73 Å². The number of benzene rings is 1. The second-order valence-corrected chi connectivity index (χ2v) is 6.17. The van der Waals surface area contributed by atoms with Crippen LogP contribution in [0.5, 0.6) is 0 Å². The van der Waals surface area contributed by atoms with Crippen molar-refractivity contribution in [3.63, 3.8) is 0 Å². The fourth-order valence-electron chi connectivity index (χ4n) is 3.08. The molecular formula is C16H26N2. The Bertz CT molecular complexity index is 398. The van der Waals surface area contributed by atoms with Gasteiger partial charge in [-0.2, -0.15) is 0 Å². The summed E-state index contributed by atoms with van der Waals surface area (Å²) in [5, 5.41) is 0. The molecule has 0 bridgehead atoms. The molecule has 1 aromatic carbocycles. The number of fused-ring (bicyclic) bond motifs is 1. The highest BCUT2D eigenvalue weighted by Crippen LogP contribution is 2.41. The zero-order valence-corrected chi connectivity index (χ0v) is 12.1. The molecule has 2 heteroatoms. The smallest absolute Gasteiger partial charge is 0.0372 e. The first-order valence-electron chi connectivity index (χ1n) is 7.10. The Labute approximate surface area is 111 Å². The molecule has 0 heterocycles. The van der Waals surface area contributed by atoms with Crippen LogP contribution in [0, 0.1) is 5.92 Å². The minimum Gasteiger partial charge on any atom is -0.324 e. The van der Waals surface area contributed by atoms with Crippen molar-refractivity contribution in [2.75, 3.05) is 6.54 Å². The van der Waals surface area contributed by atoms with Gasteiger partial charge in [0.2, 0.25) is 0 Å². The van der Waals surface area contributed by atoms with Crippen molar-refractivity contribution in [1.82, 2.24) is 4.90 Å². The van der Waals surface area contributed by atoms with Crippen molar-refractivity contribution >= 4 is 0 Å². The molecule has 18 heavy (non-hydrogen) atoms. The molecule has 0 fully saturated rings. The molecule has 1 aliphatic carbocycles. The van der Waals surface area contributed by atoms with Gasteiger partial charge in [0.25, 0.3) is 0 Å². The van der Waals surface area contributed by atoms with E-state index in [1.165, 1.54) is 11.1 Å². The first kappa shape index (κ1) is 13.6. The number of nitrogens with two attached hydrogens (primary N) is 1. The lowest BCUT2D eigenvalue weighted by Crippen LogP contribution is -2.37. The van der Waals surface area contributed by atoms with Crippen molar-refractivity contribution < 1.29 is 0 Å². The van der Waals surface area contributed by atoms with Crippen LogP contribution in [0.3, 0.4) is 0 Å². The van der Waals surface area contributed by atoms with E-state index in [1.54, 1.807) is 0 Å². The topological polar surface area (TPSA) is 29.3 Å². The Morgan fingerprint density at radius 3 is 2.33 bits per heavy atom. The third-order valence-corrected chi connectivity index (χ3v) is 3.87. The maximum atomic E-state index is 6.28. The van der Waals surface area contributed by atoms with E-state index in [4.69, 9.17) is 5.73 Å². The molecule has 0 saturated carbocycles. The first-order valence-corrected chi connectivity index (χ1v) is 7.10. The highest BCUT2D eigenvalue weighted by molar-refractivity contribution is 5.37. The second kappa shape index (κ2) is 5.41. The van der Waals surface area contributed by atoms with E-state index in [2.05, 4.69) is 56.9 Å². The minimum absolute atomic E-state index is 0.208. The highest BCUT2D eigenvalue weighted by Gasteiger charge is 2.33. The fraction of sp³-hybridized carbons (Fsp3) is 0.625. The van der Waals surface area contributed by atoms with Crippen LogP contribution in [0.4, 0.5) is 0 Å². The summed E-state index contributed by atoms with van der Waals surface area (Å²) >= 11 is 0. The van der Waals surface area contributed by atoms with E-state index >= 15 is 0 Å². The van der Waals surface area contributed by atoms with Gasteiger partial charge in [-0.05, 0) is 37.3 Å². The average molecular weight is 246 g/mol. The lowest BCUT2D eigenvalue weighted by Gasteiger charge is -2.34. The molecule has 2 atom stereocenters. The molecule has 2 unspecified atom stereocenters. The summed E-state index contributed by atoms with van der Waals surface area (Å²) in [7, 11) is 0. The maximum absolute atomic E-state index is 6.28.